The standard InChI is InChI=1S/C21H24ClN7O/c1-13-7-10-19(14(2)28-13)26-12-20(29-25)21(30)27-11-15(23)8-9-18(24)16-5-3-4-6-17(16)22/h3-10,12H,11,23-25H2,1-2H3,(H,27,30)/b15-8-,18-9-,26-12?,29-20+. The lowest BCUT2D eigenvalue weighted by Crippen LogP contribution is -2.35. The van der Waals surface area contributed by atoms with E-state index in [-0.39, 0.29) is 12.3 Å². The van der Waals surface area contributed by atoms with Crippen LogP contribution in [0.3, 0.4) is 0 Å². The molecular formula is C21H24ClN7O. The number of hydrogen-bond donors (Lipinski definition) is 4. The third-order valence-electron chi connectivity index (χ3n) is 4.01. The minimum Gasteiger partial charge on any atom is -0.401 e. The number of aliphatic imine (C=N–C) groups is 1. The van der Waals surface area contributed by atoms with Gasteiger partial charge in [0.05, 0.1) is 24.1 Å². The Labute approximate surface area is 180 Å². The normalized spacial score (nSPS) is 13.0. The van der Waals surface area contributed by atoms with E-state index in [1.807, 2.05) is 32.0 Å². The lowest BCUT2D eigenvalue weighted by molar-refractivity contribution is -0.114. The lowest BCUT2D eigenvalue weighted by atomic mass is 10.1. The number of hydrogen-bond acceptors (Lipinski definition) is 7. The fourth-order valence-corrected chi connectivity index (χ4v) is 2.66. The number of carbonyl (C=O) groups is 1. The Hall–Kier alpha value is -3.65. The number of nitrogens with zero attached hydrogens (tertiary/aromatic N) is 3. The van der Waals surface area contributed by atoms with Crippen molar-refractivity contribution in [3.8, 4) is 0 Å². The summed E-state index contributed by atoms with van der Waals surface area (Å²) in [4.78, 5) is 20.8. The predicted octanol–water partition coefficient (Wildman–Crippen LogP) is 2.33. The van der Waals surface area contributed by atoms with Gasteiger partial charge in [-0.25, -0.2) is 0 Å². The van der Waals surface area contributed by atoms with Gasteiger partial charge in [-0.2, -0.15) is 5.10 Å². The Balaban J connectivity index is 1.99. The van der Waals surface area contributed by atoms with Crippen LogP contribution in [0.4, 0.5) is 5.69 Å². The number of nitrogens with two attached hydrogens (primary N) is 3. The van der Waals surface area contributed by atoms with Crippen LogP contribution in [0.2, 0.25) is 5.02 Å². The second-order valence-electron chi connectivity index (χ2n) is 6.36. The van der Waals surface area contributed by atoms with E-state index in [4.69, 9.17) is 28.9 Å². The molecule has 1 aromatic heterocycles. The van der Waals surface area contributed by atoms with Gasteiger partial charge in [0.1, 0.15) is 0 Å². The first-order valence-corrected chi connectivity index (χ1v) is 9.40. The third-order valence-corrected chi connectivity index (χ3v) is 4.34. The highest BCUT2D eigenvalue weighted by atomic mass is 35.5. The largest absolute Gasteiger partial charge is 0.401 e. The van der Waals surface area contributed by atoms with Crippen LogP contribution in [0.1, 0.15) is 17.0 Å². The Morgan fingerprint density at radius 3 is 2.57 bits per heavy atom. The topological polar surface area (TPSA) is 145 Å². The first-order chi connectivity index (χ1) is 14.3. The van der Waals surface area contributed by atoms with Gasteiger partial charge >= 0.3 is 0 Å². The van der Waals surface area contributed by atoms with Gasteiger partial charge in [0.2, 0.25) is 0 Å². The summed E-state index contributed by atoms with van der Waals surface area (Å²) in [5.74, 6) is 4.80. The van der Waals surface area contributed by atoms with E-state index in [1.165, 1.54) is 6.21 Å². The number of aryl methyl sites for hydroxylation is 2. The zero-order chi connectivity index (χ0) is 22.1. The second kappa shape index (κ2) is 10.8. The molecule has 156 valence electrons. The van der Waals surface area contributed by atoms with Gasteiger partial charge in [-0.3, -0.25) is 14.8 Å². The molecule has 1 amide bonds. The molecule has 0 bridgehead atoms. The molecule has 0 aliphatic rings. The number of nitrogens with one attached hydrogen (secondary N) is 1. The van der Waals surface area contributed by atoms with Crippen molar-refractivity contribution < 1.29 is 4.79 Å². The van der Waals surface area contributed by atoms with Crippen molar-refractivity contribution in [2.75, 3.05) is 6.54 Å². The van der Waals surface area contributed by atoms with E-state index in [9.17, 15) is 4.79 Å². The summed E-state index contributed by atoms with van der Waals surface area (Å²) < 4.78 is 0. The van der Waals surface area contributed by atoms with Gasteiger partial charge in [-0.1, -0.05) is 29.8 Å². The molecule has 0 fully saturated rings. The van der Waals surface area contributed by atoms with E-state index in [0.29, 0.717) is 27.7 Å². The molecular weight excluding hydrogens is 402 g/mol. The summed E-state index contributed by atoms with van der Waals surface area (Å²) in [6, 6.07) is 10.8. The van der Waals surface area contributed by atoms with E-state index >= 15 is 0 Å². The van der Waals surface area contributed by atoms with E-state index in [0.717, 1.165) is 11.4 Å². The molecule has 1 aromatic carbocycles. The molecule has 2 rings (SSSR count). The molecule has 0 saturated carbocycles. The van der Waals surface area contributed by atoms with Crippen molar-refractivity contribution in [3.05, 3.63) is 76.2 Å². The van der Waals surface area contributed by atoms with Crippen LogP contribution < -0.4 is 22.6 Å². The number of benzene rings is 1. The summed E-state index contributed by atoms with van der Waals surface area (Å²) in [5.41, 5.74) is 15.7. The van der Waals surface area contributed by atoms with Crippen molar-refractivity contribution >= 4 is 40.8 Å². The first kappa shape index (κ1) is 22.6. The van der Waals surface area contributed by atoms with E-state index < -0.39 is 5.91 Å². The molecule has 0 radical (unpaired) electrons. The minimum absolute atomic E-state index is 0.0473. The number of allylic oxidation sites excluding steroid dienone is 2. The summed E-state index contributed by atoms with van der Waals surface area (Å²) in [5, 5.41) is 6.64. The number of amides is 1. The van der Waals surface area contributed by atoms with Crippen molar-refractivity contribution in [1.29, 1.82) is 0 Å². The molecule has 2 aromatic rings. The Morgan fingerprint density at radius 2 is 1.90 bits per heavy atom. The van der Waals surface area contributed by atoms with Gasteiger partial charge in [0.25, 0.3) is 5.91 Å². The number of halogens is 1. The number of pyridine rings is 1. The molecule has 8 nitrogen and oxygen atoms in total. The van der Waals surface area contributed by atoms with Crippen molar-refractivity contribution in [1.82, 2.24) is 10.3 Å². The van der Waals surface area contributed by atoms with Gasteiger partial charge in [0, 0.05) is 27.7 Å². The molecule has 0 aliphatic carbocycles. The van der Waals surface area contributed by atoms with E-state index in [2.05, 4.69) is 20.4 Å². The fourth-order valence-electron chi connectivity index (χ4n) is 2.41. The number of hydrazone groups is 1. The summed E-state index contributed by atoms with van der Waals surface area (Å²) >= 11 is 6.11. The highest BCUT2D eigenvalue weighted by Gasteiger charge is 2.09. The zero-order valence-corrected chi connectivity index (χ0v) is 17.5. The average Bonchev–Trinajstić information content (AvgIpc) is 2.72. The second-order valence-corrected chi connectivity index (χ2v) is 6.76. The van der Waals surface area contributed by atoms with Gasteiger partial charge < -0.3 is 22.6 Å². The van der Waals surface area contributed by atoms with Crippen molar-refractivity contribution in [2.24, 2.45) is 27.4 Å². The maximum Gasteiger partial charge on any atom is 0.273 e. The lowest BCUT2D eigenvalue weighted by Gasteiger charge is -2.06. The molecule has 0 atom stereocenters. The molecule has 0 aliphatic heterocycles. The Morgan fingerprint density at radius 1 is 1.17 bits per heavy atom. The number of carbonyl (C=O) groups excluding carboxylic acids is 1. The Bertz CT molecular complexity index is 1040. The van der Waals surface area contributed by atoms with Crippen LogP contribution in [0.25, 0.3) is 5.70 Å². The molecule has 9 heteroatoms. The molecule has 0 saturated heterocycles. The van der Waals surface area contributed by atoms with Crippen LogP contribution in [0.5, 0.6) is 0 Å². The maximum absolute atomic E-state index is 12.3. The van der Waals surface area contributed by atoms with Crippen molar-refractivity contribution in [3.63, 3.8) is 0 Å². The van der Waals surface area contributed by atoms with Gasteiger partial charge in [-0.15, -0.1) is 0 Å². The fraction of sp³-hybridized carbons (Fsp3) is 0.143. The van der Waals surface area contributed by atoms with Gasteiger partial charge in [0.15, 0.2) is 5.71 Å². The first-order valence-electron chi connectivity index (χ1n) is 9.03. The average molecular weight is 426 g/mol. The summed E-state index contributed by atoms with van der Waals surface area (Å²) in [6.07, 6.45) is 4.49. The minimum atomic E-state index is -0.515. The van der Waals surface area contributed by atoms with Crippen LogP contribution in [0, 0.1) is 13.8 Å². The summed E-state index contributed by atoms with van der Waals surface area (Å²) in [7, 11) is 0. The van der Waals surface area contributed by atoms with Crippen LogP contribution in [-0.4, -0.2) is 29.4 Å². The summed E-state index contributed by atoms with van der Waals surface area (Å²) in [6.45, 7) is 3.78. The van der Waals surface area contributed by atoms with Crippen molar-refractivity contribution in [2.45, 2.75) is 13.8 Å². The molecule has 0 unspecified atom stereocenters. The Kier molecular flexibility index (Phi) is 8.13. The molecule has 7 N–H and O–H groups in total. The number of aromatic nitrogens is 1. The zero-order valence-electron chi connectivity index (χ0n) is 16.8. The van der Waals surface area contributed by atoms with Crippen LogP contribution in [0.15, 0.2) is 64.3 Å². The highest BCUT2D eigenvalue weighted by molar-refractivity contribution is 6.60. The third kappa shape index (κ3) is 6.46. The van der Waals surface area contributed by atoms with Gasteiger partial charge in [-0.05, 0) is 44.2 Å². The highest BCUT2D eigenvalue weighted by Crippen LogP contribution is 2.20. The predicted molar refractivity (Wildman–Crippen MR) is 122 cm³/mol. The molecule has 0 spiro atoms. The monoisotopic (exact) mass is 425 g/mol. The SMILES string of the molecule is Cc1ccc(N=C/C(=N\N)C(=O)NC/C(N)=C/C=C(\N)c2ccccc2Cl)c(C)n1. The van der Waals surface area contributed by atoms with Crippen LogP contribution in [-0.2, 0) is 4.79 Å². The van der Waals surface area contributed by atoms with Crippen LogP contribution >= 0.6 is 11.6 Å². The van der Waals surface area contributed by atoms with E-state index in [1.54, 1.807) is 30.4 Å². The number of rotatable bonds is 7. The smallest absolute Gasteiger partial charge is 0.273 e. The quantitative estimate of drug-likeness (QED) is 0.233. The molecule has 1 heterocycles. The molecule has 30 heavy (non-hydrogen) atoms. The maximum atomic E-state index is 12.3.